The third-order valence-corrected chi connectivity index (χ3v) is 4.49. The number of carbonyl (C=O) groups is 1. The van der Waals surface area contributed by atoms with Gasteiger partial charge in [0.2, 0.25) is 6.10 Å². The fourth-order valence-electron chi connectivity index (χ4n) is 2.76. The molecule has 0 amide bonds. The van der Waals surface area contributed by atoms with Crippen LogP contribution in [0, 0.1) is 0 Å². The zero-order valence-electron chi connectivity index (χ0n) is 15.1. The average Bonchev–Trinajstić information content (AvgIpc) is 2.66. The van der Waals surface area contributed by atoms with Crippen molar-refractivity contribution in [2.45, 2.75) is 18.7 Å². The summed E-state index contributed by atoms with van der Waals surface area (Å²) in [4.78, 5) is 11.2. The molecule has 1 N–H and O–H groups in total. The minimum atomic E-state index is -4.89. The summed E-state index contributed by atoms with van der Waals surface area (Å²) in [6.07, 6.45) is -5.84. The molecule has 0 radical (unpaired) electrons. The SMILES string of the molecule is COCCc1ccc(Oc2cc3c(cc2Cl)C=C(C(=O)O)C(C(F)(F)F)O3)cc1. The third kappa shape index (κ3) is 4.83. The van der Waals surface area contributed by atoms with Gasteiger partial charge in [-0.25, -0.2) is 4.79 Å². The van der Waals surface area contributed by atoms with Crippen LogP contribution in [0.15, 0.2) is 42.0 Å². The molecule has 1 aliphatic heterocycles. The Kier molecular flexibility index (Phi) is 6.04. The maximum Gasteiger partial charge on any atom is 0.430 e. The monoisotopic (exact) mass is 428 g/mol. The van der Waals surface area contributed by atoms with E-state index in [9.17, 15) is 18.0 Å². The summed E-state index contributed by atoms with van der Waals surface area (Å²) in [5.41, 5.74) is 0.231. The molecule has 1 atom stereocenters. The van der Waals surface area contributed by atoms with Gasteiger partial charge in [-0.2, -0.15) is 13.2 Å². The Balaban J connectivity index is 1.88. The summed E-state index contributed by atoms with van der Waals surface area (Å²) in [6, 6.07) is 9.57. The Labute approximate surface area is 169 Å². The molecule has 1 aliphatic rings. The van der Waals surface area contributed by atoms with Crippen molar-refractivity contribution in [2.75, 3.05) is 13.7 Å². The predicted molar refractivity (Wildman–Crippen MR) is 99.6 cm³/mol. The zero-order valence-corrected chi connectivity index (χ0v) is 15.9. The first-order valence-corrected chi connectivity index (χ1v) is 8.84. The molecule has 3 rings (SSSR count). The van der Waals surface area contributed by atoms with Gasteiger partial charge in [0.25, 0.3) is 0 Å². The molecule has 0 saturated carbocycles. The number of alkyl halides is 3. The van der Waals surface area contributed by atoms with Gasteiger partial charge in [0.1, 0.15) is 17.2 Å². The normalized spacial score (nSPS) is 15.9. The van der Waals surface area contributed by atoms with Gasteiger partial charge in [-0.3, -0.25) is 0 Å². The van der Waals surface area contributed by atoms with E-state index in [2.05, 4.69) is 0 Å². The van der Waals surface area contributed by atoms with E-state index in [0.717, 1.165) is 18.1 Å². The molecule has 0 aromatic heterocycles. The van der Waals surface area contributed by atoms with Crippen LogP contribution in [-0.2, 0) is 16.0 Å². The number of aliphatic carboxylic acids is 1. The summed E-state index contributed by atoms with van der Waals surface area (Å²) in [5.74, 6) is -1.38. The van der Waals surface area contributed by atoms with Crippen molar-refractivity contribution in [3.63, 3.8) is 0 Å². The Bertz CT molecular complexity index is 938. The summed E-state index contributed by atoms with van der Waals surface area (Å²) < 4.78 is 55.2. The summed E-state index contributed by atoms with van der Waals surface area (Å²) >= 11 is 6.17. The molecule has 0 saturated heterocycles. The van der Waals surface area contributed by atoms with Crippen molar-refractivity contribution in [1.29, 1.82) is 0 Å². The predicted octanol–water partition coefficient (Wildman–Crippen LogP) is 5.11. The van der Waals surface area contributed by atoms with Crippen molar-refractivity contribution >= 4 is 23.6 Å². The number of fused-ring (bicyclic) bond motifs is 1. The highest BCUT2D eigenvalue weighted by molar-refractivity contribution is 6.32. The maximum absolute atomic E-state index is 13.2. The average molecular weight is 429 g/mol. The molecule has 29 heavy (non-hydrogen) atoms. The zero-order chi connectivity index (χ0) is 21.2. The highest BCUT2D eigenvalue weighted by Gasteiger charge is 2.48. The Hall–Kier alpha value is -2.71. The molecular formula is C20H16ClF3O5. The van der Waals surface area contributed by atoms with Crippen molar-refractivity contribution < 1.29 is 37.3 Å². The van der Waals surface area contributed by atoms with Gasteiger partial charge in [0.05, 0.1) is 17.2 Å². The van der Waals surface area contributed by atoms with Crippen LogP contribution < -0.4 is 9.47 Å². The van der Waals surface area contributed by atoms with Crippen LogP contribution in [0.4, 0.5) is 13.2 Å². The molecule has 2 aromatic rings. The van der Waals surface area contributed by atoms with Crippen molar-refractivity contribution in [3.05, 3.63) is 58.1 Å². The first kappa shape index (κ1) is 21.0. The largest absolute Gasteiger partial charge is 0.478 e. The van der Waals surface area contributed by atoms with E-state index >= 15 is 0 Å². The van der Waals surface area contributed by atoms with Gasteiger partial charge in [0.15, 0.2) is 0 Å². The van der Waals surface area contributed by atoms with Crippen LogP contribution in [0.25, 0.3) is 6.08 Å². The number of halogens is 4. The lowest BCUT2D eigenvalue weighted by atomic mass is 10.0. The topological polar surface area (TPSA) is 65.0 Å². The maximum atomic E-state index is 13.2. The number of hydrogen-bond acceptors (Lipinski definition) is 4. The van der Waals surface area contributed by atoms with E-state index < -0.39 is 23.8 Å². The molecule has 5 nitrogen and oxygen atoms in total. The van der Waals surface area contributed by atoms with E-state index in [0.29, 0.717) is 12.4 Å². The van der Waals surface area contributed by atoms with Crippen LogP contribution in [-0.4, -0.2) is 37.1 Å². The Morgan fingerprint density at radius 1 is 1.24 bits per heavy atom. The van der Waals surface area contributed by atoms with Crippen LogP contribution in [0.5, 0.6) is 17.2 Å². The first-order valence-electron chi connectivity index (χ1n) is 8.46. The van der Waals surface area contributed by atoms with Crippen molar-refractivity contribution in [2.24, 2.45) is 0 Å². The van der Waals surface area contributed by atoms with Crippen LogP contribution in [0.3, 0.4) is 0 Å². The van der Waals surface area contributed by atoms with Crippen LogP contribution >= 0.6 is 11.6 Å². The lowest BCUT2D eigenvalue weighted by molar-refractivity contribution is -0.187. The van der Waals surface area contributed by atoms with Gasteiger partial charge in [-0.1, -0.05) is 23.7 Å². The Morgan fingerprint density at radius 3 is 2.52 bits per heavy atom. The van der Waals surface area contributed by atoms with E-state index in [4.69, 9.17) is 30.9 Å². The van der Waals surface area contributed by atoms with E-state index in [-0.39, 0.29) is 22.1 Å². The summed E-state index contributed by atoms with van der Waals surface area (Å²) in [5, 5.41) is 9.18. The van der Waals surface area contributed by atoms with E-state index in [1.165, 1.54) is 12.1 Å². The summed E-state index contributed by atoms with van der Waals surface area (Å²) in [6.45, 7) is 0.570. The molecule has 0 fully saturated rings. The summed E-state index contributed by atoms with van der Waals surface area (Å²) in [7, 11) is 1.61. The number of rotatable bonds is 6. The van der Waals surface area contributed by atoms with E-state index in [1.54, 1.807) is 19.2 Å². The molecule has 0 spiro atoms. The number of hydrogen-bond donors (Lipinski definition) is 1. The second-order valence-electron chi connectivity index (χ2n) is 6.25. The molecule has 9 heteroatoms. The lowest BCUT2D eigenvalue weighted by Crippen LogP contribution is -2.40. The van der Waals surface area contributed by atoms with Gasteiger partial charge in [0, 0.05) is 18.7 Å². The first-order chi connectivity index (χ1) is 13.7. The number of benzene rings is 2. The fourth-order valence-corrected chi connectivity index (χ4v) is 2.98. The molecule has 1 heterocycles. The van der Waals surface area contributed by atoms with Crippen LogP contribution in [0.2, 0.25) is 5.02 Å². The number of carboxylic acids is 1. The van der Waals surface area contributed by atoms with Crippen molar-refractivity contribution in [1.82, 2.24) is 0 Å². The molecule has 1 unspecified atom stereocenters. The van der Waals surface area contributed by atoms with Gasteiger partial charge < -0.3 is 19.3 Å². The number of methoxy groups -OCH3 is 1. The quantitative estimate of drug-likeness (QED) is 0.692. The van der Waals surface area contributed by atoms with Gasteiger partial charge in [-0.15, -0.1) is 0 Å². The minimum Gasteiger partial charge on any atom is -0.478 e. The number of ether oxygens (including phenoxy) is 3. The second kappa shape index (κ2) is 8.34. The second-order valence-corrected chi connectivity index (χ2v) is 6.66. The van der Waals surface area contributed by atoms with E-state index in [1.807, 2.05) is 12.1 Å². The Morgan fingerprint density at radius 2 is 1.93 bits per heavy atom. The molecule has 2 aromatic carbocycles. The molecule has 0 aliphatic carbocycles. The fraction of sp³-hybridized carbons (Fsp3) is 0.250. The smallest absolute Gasteiger partial charge is 0.430 e. The van der Waals surface area contributed by atoms with Crippen molar-refractivity contribution in [3.8, 4) is 17.2 Å². The standard InChI is InChI=1S/C20H16ClF3O5/c1-27-7-6-11-2-4-13(5-3-11)28-17-10-16-12(9-15(17)21)8-14(19(25)26)18(29-16)20(22,23)24/h2-5,8-10,18H,6-7H2,1H3,(H,25,26). The number of carboxylic acid groups (broad SMARTS) is 1. The molecular weight excluding hydrogens is 413 g/mol. The highest BCUT2D eigenvalue weighted by Crippen LogP contribution is 2.42. The van der Waals surface area contributed by atoms with Gasteiger partial charge >= 0.3 is 12.1 Å². The molecule has 154 valence electrons. The van der Waals surface area contributed by atoms with Crippen LogP contribution in [0.1, 0.15) is 11.1 Å². The molecule has 0 bridgehead atoms. The highest BCUT2D eigenvalue weighted by atomic mass is 35.5. The van der Waals surface area contributed by atoms with Gasteiger partial charge in [-0.05, 0) is 36.3 Å². The minimum absolute atomic E-state index is 0.0863. The lowest BCUT2D eigenvalue weighted by Gasteiger charge is -2.27. The third-order valence-electron chi connectivity index (χ3n) is 4.19.